The van der Waals surface area contributed by atoms with Crippen molar-refractivity contribution < 1.29 is 9.59 Å². The number of amides is 2. The van der Waals surface area contributed by atoms with Crippen LogP contribution in [0.1, 0.15) is 31.7 Å². The number of nitrogens with one attached hydrogen (secondary N) is 2. The molecule has 138 valence electrons. The van der Waals surface area contributed by atoms with E-state index in [-0.39, 0.29) is 17.7 Å². The number of hydrogen-bond donors (Lipinski definition) is 2. The fourth-order valence-electron chi connectivity index (χ4n) is 2.84. The predicted molar refractivity (Wildman–Crippen MR) is 110 cm³/mol. The third kappa shape index (κ3) is 4.80. The van der Waals surface area contributed by atoms with Gasteiger partial charge in [0, 0.05) is 23.6 Å². The molecule has 1 unspecified atom stereocenters. The average Bonchev–Trinajstić information content (AvgIpc) is 3.12. The third-order valence-electron chi connectivity index (χ3n) is 4.16. The molecule has 1 atom stereocenters. The van der Waals surface area contributed by atoms with Crippen molar-refractivity contribution in [3.63, 3.8) is 0 Å². The summed E-state index contributed by atoms with van der Waals surface area (Å²) in [6, 6.07) is 17.2. The standard InChI is InChI=1S/C21H21N3O2S/c1-3-18(15-7-5-4-6-8-15)20(26)24-21-23-19(13-27-21)16-9-11-17(12-10-16)22-14(2)25/h4-13,18H,3H2,1-2H3,(H,22,25)(H,23,24,26). The summed E-state index contributed by atoms with van der Waals surface area (Å²) < 4.78 is 0. The molecule has 0 radical (unpaired) electrons. The zero-order chi connectivity index (χ0) is 19.2. The zero-order valence-electron chi connectivity index (χ0n) is 15.2. The maximum Gasteiger partial charge on any atom is 0.233 e. The Labute approximate surface area is 162 Å². The maximum absolute atomic E-state index is 12.7. The molecule has 0 aliphatic carbocycles. The van der Waals surface area contributed by atoms with Crippen molar-refractivity contribution in [2.24, 2.45) is 0 Å². The molecule has 27 heavy (non-hydrogen) atoms. The number of nitrogens with zero attached hydrogens (tertiary/aromatic N) is 1. The van der Waals surface area contributed by atoms with Gasteiger partial charge in [-0.3, -0.25) is 9.59 Å². The van der Waals surface area contributed by atoms with Crippen molar-refractivity contribution in [1.82, 2.24) is 4.98 Å². The Morgan fingerprint density at radius 2 is 1.74 bits per heavy atom. The van der Waals surface area contributed by atoms with Gasteiger partial charge in [0.05, 0.1) is 11.6 Å². The van der Waals surface area contributed by atoms with Crippen molar-refractivity contribution in [3.05, 3.63) is 65.5 Å². The molecule has 0 saturated carbocycles. The highest BCUT2D eigenvalue weighted by Gasteiger charge is 2.19. The molecule has 5 nitrogen and oxygen atoms in total. The van der Waals surface area contributed by atoms with E-state index in [2.05, 4.69) is 15.6 Å². The van der Waals surface area contributed by atoms with E-state index in [0.717, 1.165) is 28.9 Å². The van der Waals surface area contributed by atoms with Crippen LogP contribution in [0.4, 0.5) is 10.8 Å². The molecule has 1 aromatic heterocycles. The largest absolute Gasteiger partial charge is 0.326 e. The summed E-state index contributed by atoms with van der Waals surface area (Å²) in [5.74, 6) is -0.355. The molecule has 2 amide bonds. The lowest BCUT2D eigenvalue weighted by molar-refractivity contribution is -0.117. The van der Waals surface area contributed by atoms with E-state index in [1.807, 2.05) is 66.9 Å². The highest BCUT2D eigenvalue weighted by molar-refractivity contribution is 7.14. The first-order chi connectivity index (χ1) is 13.1. The van der Waals surface area contributed by atoms with E-state index in [1.165, 1.54) is 18.3 Å². The fourth-order valence-corrected chi connectivity index (χ4v) is 3.56. The third-order valence-corrected chi connectivity index (χ3v) is 4.92. The van der Waals surface area contributed by atoms with Gasteiger partial charge in [-0.05, 0) is 24.1 Å². The first-order valence-electron chi connectivity index (χ1n) is 8.76. The summed E-state index contributed by atoms with van der Waals surface area (Å²) in [6.45, 7) is 3.48. The van der Waals surface area contributed by atoms with Gasteiger partial charge in [-0.15, -0.1) is 11.3 Å². The topological polar surface area (TPSA) is 71.1 Å². The van der Waals surface area contributed by atoms with Gasteiger partial charge >= 0.3 is 0 Å². The van der Waals surface area contributed by atoms with Gasteiger partial charge in [0.25, 0.3) is 0 Å². The lowest BCUT2D eigenvalue weighted by Gasteiger charge is -2.14. The Balaban J connectivity index is 1.70. The smallest absolute Gasteiger partial charge is 0.233 e. The second-order valence-electron chi connectivity index (χ2n) is 6.16. The van der Waals surface area contributed by atoms with Crippen LogP contribution in [0.2, 0.25) is 0 Å². The molecule has 0 fully saturated rings. The molecule has 2 N–H and O–H groups in total. The van der Waals surface area contributed by atoms with E-state index < -0.39 is 0 Å². The Kier molecular flexibility index (Phi) is 5.98. The Morgan fingerprint density at radius 1 is 1.04 bits per heavy atom. The summed E-state index contributed by atoms with van der Waals surface area (Å²) in [5, 5.41) is 8.15. The number of rotatable bonds is 6. The van der Waals surface area contributed by atoms with Gasteiger partial charge in [0.15, 0.2) is 5.13 Å². The van der Waals surface area contributed by atoms with Crippen molar-refractivity contribution in [3.8, 4) is 11.3 Å². The van der Waals surface area contributed by atoms with Crippen molar-refractivity contribution in [1.29, 1.82) is 0 Å². The monoisotopic (exact) mass is 379 g/mol. The summed E-state index contributed by atoms with van der Waals surface area (Å²) in [4.78, 5) is 28.3. The van der Waals surface area contributed by atoms with Crippen LogP contribution >= 0.6 is 11.3 Å². The predicted octanol–water partition coefficient (Wildman–Crippen LogP) is 4.90. The molecule has 2 aromatic carbocycles. The Hall–Kier alpha value is -2.99. The lowest BCUT2D eigenvalue weighted by atomic mass is 9.96. The van der Waals surface area contributed by atoms with Gasteiger partial charge in [-0.1, -0.05) is 49.4 Å². The van der Waals surface area contributed by atoms with E-state index >= 15 is 0 Å². The van der Waals surface area contributed by atoms with Crippen LogP contribution in [0.15, 0.2) is 60.0 Å². The fraction of sp³-hybridized carbons (Fsp3) is 0.190. The number of aromatic nitrogens is 1. The molecule has 0 saturated heterocycles. The molecule has 0 spiro atoms. The van der Waals surface area contributed by atoms with Crippen molar-refractivity contribution in [2.75, 3.05) is 10.6 Å². The number of thiazole rings is 1. The highest BCUT2D eigenvalue weighted by atomic mass is 32.1. The molecule has 0 aliphatic rings. The molecule has 3 aromatic rings. The first kappa shape index (κ1) is 18.8. The molecule has 0 aliphatic heterocycles. The number of benzene rings is 2. The number of carbonyl (C=O) groups excluding carboxylic acids is 2. The van der Waals surface area contributed by atoms with Crippen LogP contribution in [0.3, 0.4) is 0 Å². The van der Waals surface area contributed by atoms with E-state index in [0.29, 0.717) is 5.13 Å². The first-order valence-corrected chi connectivity index (χ1v) is 9.64. The van der Waals surface area contributed by atoms with E-state index in [1.54, 1.807) is 0 Å². The normalized spacial score (nSPS) is 11.6. The van der Waals surface area contributed by atoms with Gasteiger partial charge in [-0.25, -0.2) is 4.98 Å². The van der Waals surface area contributed by atoms with E-state index in [9.17, 15) is 9.59 Å². The van der Waals surface area contributed by atoms with Crippen LogP contribution in [0.25, 0.3) is 11.3 Å². The summed E-state index contributed by atoms with van der Waals surface area (Å²) >= 11 is 1.40. The van der Waals surface area contributed by atoms with Gasteiger partial charge in [0.1, 0.15) is 0 Å². The molecule has 6 heteroatoms. The minimum absolute atomic E-state index is 0.0504. The quantitative estimate of drug-likeness (QED) is 0.640. The average molecular weight is 379 g/mol. The summed E-state index contributed by atoms with van der Waals surface area (Å²) in [6.07, 6.45) is 0.721. The SMILES string of the molecule is CCC(C(=O)Nc1nc(-c2ccc(NC(C)=O)cc2)cs1)c1ccccc1. The maximum atomic E-state index is 12.7. The molecule has 0 bridgehead atoms. The summed E-state index contributed by atoms with van der Waals surface area (Å²) in [5.41, 5.74) is 3.46. The van der Waals surface area contributed by atoms with Crippen LogP contribution in [0, 0.1) is 0 Å². The number of anilines is 2. The van der Waals surface area contributed by atoms with Crippen LogP contribution in [-0.2, 0) is 9.59 Å². The highest BCUT2D eigenvalue weighted by Crippen LogP contribution is 2.28. The number of hydrogen-bond acceptors (Lipinski definition) is 4. The number of carbonyl (C=O) groups is 2. The molecular formula is C21H21N3O2S. The van der Waals surface area contributed by atoms with Crippen molar-refractivity contribution >= 4 is 34.0 Å². The van der Waals surface area contributed by atoms with Gasteiger partial charge < -0.3 is 10.6 Å². The molecule has 1 heterocycles. The minimum atomic E-state index is -0.199. The van der Waals surface area contributed by atoms with Crippen LogP contribution < -0.4 is 10.6 Å². The second kappa shape index (κ2) is 8.60. The van der Waals surface area contributed by atoms with Crippen LogP contribution in [0.5, 0.6) is 0 Å². The summed E-state index contributed by atoms with van der Waals surface area (Å²) in [7, 11) is 0. The van der Waals surface area contributed by atoms with Gasteiger partial charge in [0.2, 0.25) is 11.8 Å². The molecule has 3 rings (SSSR count). The van der Waals surface area contributed by atoms with Crippen LogP contribution in [-0.4, -0.2) is 16.8 Å². The van der Waals surface area contributed by atoms with Crippen molar-refractivity contribution in [2.45, 2.75) is 26.2 Å². The molecular weight excluding hydrogens is 358 g/mol. The second-order valence-corrected chi connectivity index (χ2v) is 7.02. The minimum Gasteiger partial charge on any atom is -0.326 e. The Bertz CT molecular complexity index is 920. The van der Waals surface area contributed by atoms with Gasteiger partial charge in [-0.2, -0.15) is 0 Å². The van der Waals surface area contributed by atoms with E-state index in [4.69, 9.17) is 0 Å². The lowest BCUT2D eigenvalue weighted by Crippen LogP contribution is -2.20. The Morgan fingerprint density at radius 3 is 2.37 bits per heavy atom. The zero-order valence-corrected chi connectivity index (χ0v) is 16.0.